The first kappa shape index (κ1) is 23.3. The number of nitrogens with zero attached hydrogens (tertiary/aromatic N) is 3. The van der Waals surface area contributed by atoms with E-state index in [9.17, 15) is 9.18 Å². The van der Waals surface area contributed by atoms with Gasteiger partial charge in [-0.2, -0.15) is 0 Å². The van der Waals surface area contributed by atoms with Gasteiger partial charge in [-0.1, -0.05) is 16.7 Å². The van der Waals surface area contributed by atoms with Crippen LogP contribution >= 0.6 is 22.9 Å². The Kier molecular flexibility index (Phi) is 7.36. The molecule has 0 radical (unpaired) electrons. The van der Waals surface area contributed by atoms with Crippen LogP contribution in [-0.4, -0.2) is 47.5 Å². The van der Waals surface area contributed by atoms with Crippen molar-refractivity contribution in [2.24, 2.45) is 0 Å². The van der Waals surface area contributed by atoms with Gasteiger partial charge < -0.3 is 14.2 Å². The number of hydrogen-bond donors (Lipinski definition) is 1. The highest BCUT2D eigenvalue weighted by Gasteiger charge is 2.23. The van der Waals surface area contributed by atoms with E-state index in [1.807, 2.05) is 0 Å². The van der Waals surface area contributed by atoms with Gasteiger partial charge in [-0.15, -0.1) is 5.10 Å². The van der Waals surface area contributed by atoms with Crippen LogP contribution in [0.15, 0.2) is 24.4 Å². The maximum absolute atomic E-state index is 15.0. The number of rotatable bonds is 9. The molecular weight excluding hydrogens is 471 g/mol. The minimum absolute atomic E-state index is 0.0772. The summed E-state index contributed by atoms with van der Waals surface area (Å²) in [6, 6.07) is 4.54. The monoisotopic (exact) mass is 492 g/mol. The Morgan fingerprint density at radius 1 is 1.30 bits per heavy atom. The fourth-order valence-electron chi connectivity index (χ4n) is 3.27. The molecule has 1 amide bonds. The first-order valence-corrected chi connectivity index (χ1v) is 11.5. The Morgan fingerprint density at radius 3 is 2.85 bits per heavy atom. The molecule has 33 heavy (non-hydrogen) atoms. The smallest absolute Gasteiger partial charge is 0.295 e. The van der Waals surface area contributed by atoms with Gasteiger partial charge in [0.25, 0.3) is 11.1 Å². The predicted molar refractivity (Wildman–Crippen MR) is 123 cm³/mol. The number of pyridine rings is 1. The first-order chi connectivity index (χ1) is 16.0. The van der Waals surface area contributed by atoms with Crippen molar-refractivity contribution in [3.8, 4) is 22.1 Å². The van der Waals surface area contributed by atoms with Crippen molar-refractivity contribution >= 4 is 34.0 Å². The van der Waals surface area contributed by atoms with Crippen LogP contribution in [0.3, 0.4) is 0 Å². The van der Waals surface area contributed by atoms with Crippen molar-refractivity contribution < 1.29 is 23.4 Å². The van der Waals surface area contributed by atoms with Crippen molar-refractivity contribution in [3.63, 3.8) is 0 Å². The van der Waals surface area contributed by atoms with Crippen LogP contribution in [0.4, 0.5) is 9.52 Å². The molecule has 0 atom stereocenters. The number of anilines is 1. The number of nitrogens with one attached hydrogen (secondary N) is 1. The Balaban J connectivity index is 1.50. The van der Waals surface area contributed by atoms with Gasteiger partial charge in [0.1, 0.15) is 12.4 Å². The molecule has 1 aliphatic rings. The molecule has 2 aromatic heterocycles. The zero-order valence-corrected chi connectivity index (χ0v) is 19.6. The lowest BCUT2D eigenvalue weighted by Crippen LogP contribution is -2.23. The summed E-state index contributed by atoms with van der Waals surface area (Å²) >= 11 is 7.07. The normalized spacial score (nSPS) is 13.5. The van der Waals surface area contributed by atoms with Gasteiger partial charge in [0, 0.05) is 17.5 Å². The lowest BCUT2D eigenvalue weighted by molar-refractivity contribution is -0.0104. The Morgan fingerprint density at radius 2 is 2.12 bits per heavy atom. The topological polar surface area (TPSA) is 95.5 Å². The zero-order valence-electron chi connectivity index (χ0n) is 18.1. The van der Waals surface area contributed by atoms with Gasteiger partial charge in [0.05, 0.1) is 36.0 Å². The van der Waals surface area contributed by atoms with Crippen LogP contribution in [0.2, 0.25) is 5.02 Å². The zero-order chi connectivity index (χ0) is 23.4. The van der Waals surface area contributed by atoms with Crippen molar-refractivity contribution in [2.45, 2.75) is 32.3 Å². The lowest BCUT2D eigenvalue weighted by Gasteiger charge is -2.25. The number of ether oxygens (including phenoxy) is 3. The molecule has 11 heteroatoms. The molecule has 1 saturated carbocycles. The Bertz CT molecular complexity index is 1160. The van der Waals surface area contributed by atoms with E-state index < -0.39 is 11.7 Å². The summed E-state index contributed by atoms with van der Waals surface area (Å²) in [5.41, 5.74) is 1.10. The molecule has 0 unspecified atom stereocenters. The average molecular weight is 493 g/mol. The molecule has 174 valence electrons. The second-order valence-corrected chi connectivity index (χ2v) is 8.76. The van der Waals surface area contributed by atoms with Gasteiger partial charge in [0.2, 0.25) is 5.13 Å². The van der Waals surface area contributed by atoms with E-state index in [0.29, 0.717) is 35.8 Å². The first-order valence-electron chi connectivity index (χ1n) is 10.3. The van der Waals surface area contributed by atoms with E-state index in [1.54, 1.807) is 19.1 Å². The third-order valence-corrected chi connectivity index (χ3v) is 6.22. The number of aromatic nitrogens is 3. The summed E-state index contributed by atoms with van der Waals surface area (Å²) in [5.74, 6) is -0.978. The van der Waals surface area contributed by atoms with Gasteiger partial charge >= 0.3 is 0 Å². The molecule has 4 rings (SSSR count). The molecular formula is C22H22ClFN4O4S. The van der Waals surface area contributed by atoms with Crippen molar-refractivity contribution in [1.82, 2.24) is 15.2 Å². The molecule has 3 aromatic rings. The van der Waals surface area contributed by atoms with Crippen molar-refractivity contribution in [1.29, 1.82) is 0 Å². The molecule has 1 fully saturated rings. The molecule has 1 N–H and O–H groups in total. The lowest BCUT2D eigenvalue weighted by atomic mass is 9.96. The summed E-state index contributed by atoms with van der Waals surface area (Å²) in [4.78, 5) is 17.2. The van der Waals surface area contributed by atoms with Crippen LogP contribution in [0.5, 0.6) is 10.9 Å². The highest BCUT2D eigenvalue weighted by Crippen LogP contribution is 2.38. The van der Waals surface area contributed by atoms with E-state index in [1.165, 1.54) is 25.8 Å². The summed E-state index contributed by atoms with van der Waals surface area (Å²) in [5, 5.41) is 11.0. The summed E-state index contributed by atoms with van der Waals surface area (Å²) in [6.07, 6.45) is 5.10. The fraction of sp³-hybridized carbons (Fsp3) is 0.364. The Hall–Kier alpha value is -2.82. The van der Waals surface area contributed by atoms with Crippen LogP contribution < -0.4 is 14.8 Å². The number of methoxy groups -OCH3 is 1. The third-order valence-electron chi connectivity index (χ3n) is 5.17. The average Bonchev–Trinajstić information content (AvgIpc) is 3.21. The largest absolute Gasteiger partial charge is 0.496 e. The Labute approximate surface area is 199 Å². The maximum atomic E-state index is 15.0. The maximum Gasteiger partial charge on any atom is 0.295 e. The second kappa shape index (κ2) is 10.4. The third kappa shape index (κ3) is 5.40. The highest BCUT2D eigenvalue weighted by molar-refractivity contribution is 7.17. The SMILES string of the molecule is COc1ccc(Cl)c(F)c1-c1cc(C)ncc1C(=O)Nc1nnc(OCCOC2CCC2)s1. The van der Waals surface area contributed by atoms with Crippen LogP contribution in [0, 0.1) is 12.7 Å². The van der Waals surface area contributed by atoms with E-state index in [4.69, 9.17) is 25.8 Å². The molecule has 2 heterocycles. The minimum atomic E-state index is -0.689. The number of amides is 1. The molecule has 0 bridgehead atoms. The summed E-state index contributed by atoms with van der Waals surface area (Å²) in [6.45, 7) is 2.56. The number of carbonyl (C=O) groups excluding carboxylic acids is 1. The summed E-state index contributed by atoms with van der Waals surface area (Å²) < 4.78 is 31.4. The number of halogens is 2. The molecule has 8 nitrogen and oxygen atoms in total. The minimum Gasteiger partial charge on any atom is -0.496 e. The number of carbonyl (C=O) groups is 1. The fourth-order valence-corrected chi connectivity index (χ4v) is 4.04. The highest BCUT2D eigenvalue weighted by atomic mass is 35.5. The van der Waals surface area contributed by atoms with E-state index >= 15 is 0 Å². The molecule has 1 aliphatic carbocycles. The summed E-state index contributed by atoms with van der Waals surface area (Å²) in [7, 11) is 1.42. The van der Waals surface area contributed by atoms with Gasteiger partial charge in [0.15, 0.2) is 5.82 Å². The number of aryl methyl sites for hydroxylation is 1. The standard InChI is InChI=1S/C22H22ClFN4O4S/c1-12-10-14(18-17(30-2)7-6-16(23)19(18)24)15(11-25-12)20(29)26-21-27-28-22(33-21)32-9-8-31-13-4-3-5-13/h6-7,10-11,13H,3-5,8-9H2,1-2H3,(H,26,27,29). The predicted octanol–water partition coefficient (Wildman–Crippen LogP) is 4.91. The van der Waals surface area contributed by atoms with E-state index in [0.717, 1.165) is 24.2 Å². The van der Waals surface area contributed by atoms with E-state index in [2.05, 4.69) is 20.5 Å². The molecule has 0 saturated heterocycles. The molecule has 0 spiro atoms. The second-order valence-electron chi connectivity index (χ2n) is 7.41. The number of benzene rings is 1. The van der Waals surface area contributed by atoms with Gasteiger partial charge in [-0.25, -0.2) is 4.39 Å². The van der Waals surface area contributed by atoms with Crippen LogP contribution in [0.1, 0.15) is 35.3 Å². The molecule has 0 aliphatic heterocycles. The van der Waals surface area contributed by atoms with E-state index in [-0.39, 0.29) is 27.0 Å². The quantitative estimate of drug-likeness (QED) is 0.424. The van der Waals surface area contributed by atoms with Crippen molar-refractivity contribution in [2.75, 3.05) is 25.6 Å². The number of hydrogen-bond acceptors (Lipinski definition) is 8. The molecule has 1 aromatic carbocycles. The van der Waals surface area contributed by atoms with Crippen molar-refractivity contribution in [3.05, 3.63) is 46.5 Å². The van der Waals surface area contributed by atoms with Gasteiger partial charge in [-0.05, 0) is 55.7 Å². The van der Waals surface area contributed by atoms with Gasteiger partial charge in [-0.3, -0.25) is 15.1 Å². The van der Waals surface area contributed by atoms with Crippen LogP contribution in [-0.2, 0) is 4.74 Å². The van der Waals surface area contributed by atoms with Crippen LogP contribution in [0.25, 0.3) is 11.1 Å².